The van der Waals surface area contributed by atoms with Gasteiger partial charge in [0.25, 0.3) is 10.0 Å². The minimum Gasteiger partial charge on any atom is -0.494 e. The summed E-state index contributed by atoms with van der Waals surface area (Å²) in [6.07, 6.45) is 0. The summed E-state index contributed by atoms with van der Waals surface area (Å²) in [7, 11) is -2.90. The summed E-state index contributed by atoms with van der Waals surface area (Å²) < 4.78 is 42.6. The van der Waals surface area contributed by atoms with E-state index in [0.717, 1.165) is 18.2 Å². The molecule has 0 radical (unpaired) electrons. The Balaban J connectivity index is 3.30. The van der Waals surface area contributed by atoms with E-state index in [1.165, 1.54) is 7.11 Å². The number of methoxy groups -OCH3 is 1. The van der Waals surface area contributed by atoms with Gasteiger partial charge in [-0.15, -0.1) is 0 Å². The van der Waals surface area contributed by atoms with Gasteiger partial charge in [-0.3, -0.25) is 0 Å². The van der Waals surface area contributed by atoms with Gasteiger partial charge in [-0.2, -0.15) is 0 Å². The molecule has 0 spiro atoms. The molecule has 0 amide bonds. The van der Waals surface area contributed by atoms with Gasteiger partial charge in [-0.05, 0) is 23.7 Å². The molecule has 0 aliphatic heterocycles. The summed E-state index contributed by atoms with van der Waals surface area (Å²) in [6.45, 7) is 0. The van der Waals surface area contributed by atoms with Gasteiger partial charge in [0.15, 0.2) is 11.6 Å². The molecule has 0 aliphatic rings. The van der Waals surface area contributed by atoms with Crippen molar-refractivity contribution in [1.82, 2.24) is 0 Å². The van der Waals surface area contributed by atoms with Crippen molar-refractivity contribution in [2.75, 3.05) is 7.11 Å². The molecule has 15 heavy (non-hydrogen) atoms. The Hall–Kier alpha value is -1.79. The smallest absolute Gasteiger partial charge is 0.264 e. The molecule has 8 heteroatoms. The maximum atomic E-state index is 13.1. The largest absolute Gasteiger partial charge is 0.494 e. The van der Waals surface area contributed by atoms with E-state index < -0.39 is 20.7 Å². The number of azide groups is 1. The molecule has 0 aliphatic carbocycles. The Morgan fingerprint density at radius 3 is 2.67 bits per heavy atom. The normalized spacial score (nSPS) is 10.5. The van der Waals surface area contributed by atoms with Crippen LogP contribution in [0, 0.1) is 5.82 Å². The van der Waals surface area contributed by atoms with Crippen LogP contribution in [0.15, 0.2) is 27.6 Å². The summed E-state index contributed by atoms with van der Waals surface area (Å²) >= 11 is 0. The van der Waals surface area contributed by atoms with Crippen LogP contribution in [0.5, 0.6) is 5.75 Å². The Morgan fingerprint density at radius 1 is 1.53 bits per heavy atom. The summed E-state index contributed by atoms with van der Waals surface area (Å²) in [4.78, 5) is 1.72. The van der Waals surface area contributed by atoms with E-state index in [2.05, 4.69) is 14.2 Å². The average molecular weight is 231 g/mol. The summed E-state index contributed by atoms with van der Waals surface area (Å²) in [6, 6.07) is 2.95. The molecule has 0 N–H and O–H groups in total. The molecule has 0 atom stereocenters. The second-order valence-corrected chi connectivity index (χ2v) is 4.03. The molecule has 0 aromatic heterocycles. The number of benzene rings is 1. The lowest BCUT2D eigenvalue weighted by Crippen LogP contribution is -1.97. The third kappa shape index (κ3) is 2.36. The number of nitrogens with zero attached hydrogens (tertiary/aromatic N) is 3. The fourth-order valence-corrected chi connectivity index (χ4v) is 1.59. The Labute approximate surface area is 85.0 Å². The first-order valence-electron chi connectivity index (χ1n) is 3.66. The van der Waals surface area contributed by atoms with Crippen LogP contribution in [0.1, 0.15) is 0 Å². The Bertz CT molecular complexity index is 522. The van der Waals surface area contributed by atoms with Crippen molar-refractivity contribution < 1.29 is 17.5 Å². The zero-order valence-electron chi connectivity index (χ0n) is 7.58. The molecule has 0 bridgehead atoms. The Kier molecular flexibility index (Phi) is 3.13. The van der Waals surface area contributed by atoms with Crippen molar-refractivity contribution in [2.45, 2.75) is 4.90 Å². The van der Waals surface area contributed by atoms with Gasteiger partial charge in [0.2, 0.25) is 0 Å². The van der Waals surface area contributed by atoms with Gasteiger partial charge in [0, 0.05) is 9.43 Å². The maximum Gasteiger partial charge on any atom is 0.264 e. The zero-order chi connectivity index (χ0) is 11.5. The third-order valence-corrected chi connectivity index (χ3v) is 2.70. The monoisotopic (exact) mass is 231 g/mol. The number of hydrogen-bond donors (Lipinski definition) is 0. The van der Waals surface area contributed by atoms with Crippen LogP contribution in [0.25, 0.3) is 10.4 Å². The van der Waals surface area contributed by atoms with Gasteiger partial charge >= 0.3 is 0 Å². The molecule has 0 unspecified atom stereocenters. The van der Waals surface area contributed by atoms with Crippen molar-refractivity contribution in [2.24, 2.45) is 4.52 Å². The average Bonchev–Trinajstić information content (AvgIpc) is 2.17. The van der Waals surface area contributed by atoms with Gasteiger partial charge in [0.1, 0.15) is 0 Å². The molecule has 0 saturated heterocycles. The fourth-order valence-electron chi connectivity index (χ4n) is 0.903. The lowest BCUT2D eigenvalue weighted by molar-refractivity contribution is 0.385. The first-order valence-corrected chi connectivity index (χ1v) is 5.10. The number of halogens is 1. The third-order valence-electron chi connectivity index (χ3n) is 1.57. The van der Waals surface area contributed by atoms with Crippen molar-refractivity contribution in [3.05, 3.63) is 34.5 Å². The molecule has 1 aromatic carbocycles. The van der Waals surface area contributed by atoms with E-state index >= 15 is 0 Å². The van der Waals surface area contributed by atoms with Gasteiger partial charge in [0.05, 0.1) is 12.0 Å². The van der Waals surface area contributed by atoms with E-state index in [9.17, 15) is 12.8 Å². The maximum absolute atomic E-state index is 13.1. The topological polar surface area (TPSA) is 92.1 Å². The molecular formula is C7H6FN3O3S. The van der Waals surface area contributed by atoms with Crippen LogP contribution in [-0.4, -0.2) is 15.5 Å². The van der Waals surface area contributed by atoms with Crippen molar-refractivity contribution in [3.8, 4) is 5.75 Å². The number of sulfonamides is 1. The van der Waals surface area contributed by atoms with Crippen LogP contribution in [-0.2, 0) is 10.0 Å². The van der Waals surface area contributed by atoms with Gasteiger partial charge in [-0.1, -0.05) is 0 Å². The molecule has 6 nitrogen and oxygen atoms in total. The summed E-state index contributed by atoms with van der Waals surface area (Å²) in [5.74, 6) is -0.929. The lowest BCUT2D eigenvalue weighted by Gasteiger charge is -2.02. The number of rotatable bonds is 3. The molecule has 1 aromatic rings. The molecule has 0 fully saturated rings. The fraction of sp³-hybridized carbons (Fsp3) is 0.143. The van der Waals surface area contributed by atoms with Gasteiger partial charge in [-0.25, -0.2) is 12.8 Å². The van der Waals surface area contributed by atoms with Crippen molar-refractivity contribution in [3.63, 3.8) is 0 Å². The minimum atomic E-state index is -4.15. The molecule has 0 heterocycles. The standard InChI is InChI=1S/C7H6FN3O3S/c1-14-7-3-2-5(4-6(7)8)15(12,13)11-10-9/h2-4H,1H3. The van der Waals surface area contributed by atoms with Crippen LogP contribution < -0.4 is 4.74 Å². The minimum absolute atomic E-state index is 0.0881. The quantitative estimate of drug-likeness (QED) is 0.451. The highest BCUT2D eigenvalue weighted by atomic mass is 32.2. The second-order valence-electron chi connectivity index (χ2n) is 2.44. The van der Waals surface area contributed by atoms with Crippen LogP contribution in [0.3, 0.4) is 0 Å². The molecular weight excluding hydrogens is 225 g/mol. The van der Waals surface area contributed by atoms with Crippen molar-refractivity contribution >= 4 is 10.0 Å². The predicted octanol–water partition coefficient (Wildman–Crippen LogP) is 1.83. The highest BCUT2D eigenvalue weighted by molar-refractivity contribution is 7.90. The summed E-state index contributed by atoms with van der Waals surface area (Å²) in [5, 5.41) is 0. The predicted molar refractivity (Wildman–Crippen MR) is 49.3 cm³/mol. The van der Waals surface area contributed by atoms with E-state index in [4.69, 9.17) is 5.53 Å². The SMILES string of the molecule is COc1ccc(S(=O)(=O)N=[N+]=[N-])cc1F. The number of ether oxygens (including phenoxy) is 1. The lowest BCUT2D eigenvalue weighted by atomic mass is 10.3. The number of hydrogen-bond acceptors (Lipinski definition) is 3. The summed E-state index contributed by atoms with van der Waals surface area (Å²) in [5.41, 5.74) is 7.99. The second kappa shape index (κ2) is 4.16. The van der Waals surface area contributed by atoms with E-state index in [1.54, 1.807) is 0 Å². The highest BCUT2D eigenvalue weighted by Crippen LogP contribution is 2.21. The van der Waals surface area contributed by atoms with Crippen LogP contribution in [0.2, 0.25) is 0 Å². The Morgan fingerprint density at radius 2 is 2.20 bits per heavy atom. The van der Waals surface area contributed by atoms with Gasteiger partial charge < -0.3 is 4.74 Å². The molecule has 80 valence electrons. The highest BCUT2D eigenvalue weighted by Gasteiger charge is 2.14. The zero-order valence-corrected chi connectivity index (χ0v) is 8.40. The van der Waals surface area contributed by atoms with Crippen LogP contribution >= 0.6 is 0 Å². The first-order chi connectivity index (χ1) is 7.01. The van der Waals surface area contributed by atoms with Crippen LogP contribution in [0.4, 0.5) is 4.39 Å². The van der Waals surface area contributed by atoms with Crippen molar-refractivity contribution in [1.29, 1.82) is 0 Å². The molecule has 0 saturated carbocycles. The van der Waals surface area contributed by atoms with E-state index in [0.29, 0.717) is 0 Å². The molecule has 1 rings (SSSR count). The van der Waals surface area contributed by atoms with E-state index in [1.807, 2.05) is 0 Å². The first kappa shape index (κ1) is 11.3. The van der Waals surface area contributed by atoms with E-state index in [-0.39, 0.29) is 5.75 Å².